The van der Waals surface area contributed by atoms with E-state index in [2.05, 4.69) is 15.5 Å². The molecule has 0 saturated heterocycles. The topological polar surface area (TPSA) is 100 Å². The van der Waals surface area contributed by atoms with Crippen molar-refractivity contribution in [3.8, 4) is 0 Å². The number of aromatic nitrogens is 3. The van der Waals surface area contributed by atoms with E-state index in [1.54, 1.807) is 6.07 Å². The number of anilines is 1. The number of benzene rings is 2. The summed E-state index contributed by atoms with van der Waals surface area (Å²) in [4.78, 5) is 40.0. The van der Waals surface area contributed by atoms with Crippen LogP contribution in [0, 0.1) is 18.6 Å². The Bertz CT molecular complexity index is 1350. The summed E-state index contributed by atoms with van der Waals surface area (Å²) in [6, 6.07) is 10.5. The number of nitrogens with zero attached hydrogens (tertiary/aromatic N) is 3. The number of hydrogen-bond donors (Lipinski definition) is 2. The molecule has 1 aliphatic heterocycles. The fourth-order valence-electron chi connectivity index (χ4n) is 3.99. The van der Waals surface area contributed by atoms with Gasteiger partial charge in [-0.25, -0.2) is 4.90 Å². The smallest absolute Gasteiger partial charge is 0.266 e. The lowest BCUT2D eigenvalue weighted by atomic mass is 10.1. The number of aryl methyl sites for hydroxylation is 2. The number of fused-ring (bicyclic) bond motifs is 1. The molecule has 162 valence electrons. The number of nitrogens with one attached hydrogen (secondary N) is 2. The van der Waals surface area contributed by atoms with Crippen molar-refractivity contribution in [2.75, 3.05) is 4.90 Å². The van der Waals surface area contributed by atoms with E-state index in [4.69, 9.17) is 12.2 Å². The molecule has 0 radical (unpaired) electrons. The molecule has 0 bridgehead atoms. The van der Waals surface area contributed by atoms with Crippen LogP contribution in [0.25, 0.3) is 0 Å². The summed E-state index contributed by atoms with van der Waals surface area (Å²) in [5.41, 5.74) is 3.16. The molecule has 1 aromatic heterocycles. The highest BCUT2D eigenvalue weighted by molar-refractivity contribution is 7.71. The van der Waals surface area contributed by atoms with Crippen molar-refractivity contribution in [1.29, 1.82) is 0 Å². The van der Waals surface area contributed by atoms with E-state index in [1.165, 1.54) is 17.0 Å². The molecule has 2 aliphatic rings. The van der Waals surface area contributed by atoms with E-state index in [1.807, 2.05) is 36.6 Å². The fourth-order valence-corrected chi connectivity index (χ4v) is 4.29. The maximum Gasteiger partial charge on any atom is 0.266 e. The molecule has 3 aromatic rings. The maximum absolute atomic E-state index is 13.1. The number of carbonyl (C=O) groups excluding carboxylic acids is 3. The molecule has 5 rings (SSSR count). The number of H-pyrrole nitrogens is 1. The minimum Gasteiger partial charge on any atom is -0.345 e. The summed E-state index contributed by atoms with van der Waals surface area (Å²) in [6.45, 7) is 3.97. The van der Waals surface area contributed by atoms with Crippen LogP contribution in [0.4, 0.5) is 5.69 Å². The molecular formula is C23H21N5O3S. The lowest BCUT2D eigenvalue weighted by Crippen LogP contribution is -2.30. The number of hydrogen-bond acceptors (Lipinski definition) is 5. The predicted octanol–water partition coefficient (Wildman–Crippen LogP) is 3.62. The van der Waals surface area contributed by atoms with Crippen LogP contribution in [0.1, 0.15) is 66.9 Å². The van der Waals surface area contributed by atoms with Gasteiger partial charge in [0.25, 0.3) is 17.7 Å². The molecule has 0 spiro atoms. The van der Waals surface area contributed by atoms with Gasteiger partial charge in [-0.2, -0.15) is 5.10 Å². The average Bonchev–Trinajstić information content (AvgIpc) is 3.50. The van der Waals surface area contributed by atoms with E-state index in [-0.39, 0.29) is 23.9 Å². The van der Waals surface area contributed by atoms with Gasteiger partial charge in [0, 0.05) is 11.6 Å². The molecule has 0 unspecified atom stereocenters. The number of carbonyl (C=O) groups is 3. The van der Waals surface area contributed by atoms with Crippen LogP contribution in [0.2, 0.25) is 0 Å². The summed E-state index contributed by atoms with van der Waals surface area (Å²) in [5, 5.41) is 9.81. The third kappa shape index (κ3) is 3.34. The van der Waals surface area contributed by atoms with Crippen LogP contribution >= 0.6 is 12.2 Å². The van der Waals surface area contributed by atoms with E-state index < -0.39 is 5.91 Å². The summed E-state index contributed by atoms with van der Waals surface area (Å²) in [7, 11) is 0. The van der Waals surface area contributed by atoms with Gasteiger partial charge in [0.2, 0.25) is 0 Å². The Morgan fingerprint density at radius 2 is 1.88 bits per heavy atom. The van der Waals surface area contributed by atoms with Gasteiger partial charge in [0.05, 0.1) is 23.4 Å². The number of rotatable bonds is 5. The molecule has 2 aromatic carbocycles. The van der Waals surface area contributed by atoms with E-state index >= 15 is 0 Å². The Labute approximate surface area is 189 Å². The molecule has 3 amide bonds. The van der Waals surface area contributed by atoms with Crippen LogP contribution < -0.4 is 10.2 Å². The van der Waals surface area contributed by atoms with Gasteiger partial charge < -0.3 is 5.32 Å². The van der Waals surface area contributed by atoms with Crippen LogP contribution in [-0.2, 0) is 6.54 Å². The van der Waals surface area contributed by atoms with Crippen molar-refractivity contribution in [3.63, 3.8) is 0 Å². The molecule has 8 nitrogen and oxygen atoms in total. The van der Waals surface area contributed by atoms with Crippen molar-refractivity contribution < 1.29 is 14.4 Å². The first-order valence-corrected chi connectivity index (χ1v) is 10.8. The van der Waals surface area contributed by atoms with Crippen LogP contribution in [0.5, 0.6) is 0 Å². The van der Waals surface area contributed by atoms with Gasteiger partial charge in [-0.05, 0) is 74.3 Å². The minimum atomic E-state index is -0.428. The molecule has 1 fully saturated rings. The van der Waals surface area contributed by atoms with Gasteiger partial charge >= 0.3 is 0 Å². The fraction of sp³-hybridized carbons (Fsp3) is 0.261. The number of amides is 3. The second-order valence-electron chi connectivity index (χ2n) is 8.22. The molecule has 1 aliphatic carbocycles. The van der Waals surface area contributed by atoms with E-state index in [0.717, 1.165) is 24.0 Å². The second kappa shape index (κ2) is 7.52. The Morgan fingerprint density at radius 1 is 1.12 bits per heavy atom. The van der Waals surface area contributed by atoms with Gasteiger partial charge in [-0.15, -0.1) is 0 Å². The Morgan fingerprint density at radius 3 is 2.62 bits per heavy atom. The third-order valence-corrected chi connectivity index (χ3v) is 6.14. The van der Waals surface area contributed by atoms with Gasteiger partial charge in [-0.3, -0.25) is 24.0 Å². The molecule has 2 N–H and O–H groups in total. The van der Waals surface area contributed by atoms with Gasteiger partial charge in [0.1, 0.15) is 0 Å². The zero-order chi connectivity index (χ0) is 22.6. The third-order valence-electron chi connectivity index (χ3n) is 5.85. The predicted molar refractivity (Wildman–Crippen MR) is 120 cm³/mol. The Balaban J connectivity index is 1.38. The average molecular weight is 448 g/mol. The monoisotopic (exact) mass is 447 g/mol. The highest BCUT2D eigenvalue weighted by Gasteiger charge is 2.38. The molecular weight excluding hydrogens is 426 g/mol. The quantitative estimate of drug-likeness (QED) is 0.460. The maximum atomic E-state index is 13.1. The molecule has 32 heavy (non-hydrogen) atoms. The molecule has 0 atom stereocenters. The number of aromatic amines is 1. The first kappa shape index (κ1) is 20.3. The summed E-state index contributed by atoms with van der Waals surface area (Å²) < 4.78 is 2.48. The van der Waals surface area contributed by atoms with Crippen molar-refractivity contribution in [3.05, 3.63) is 74.8 Å². The zero-order valence-corrected chi connectivity index (χ0v) is 18.5. The Kier molecular flexibility index (Phi) is 4.78. The normalized spacial score (nSPS) is 15.2. The van der Waals surface area contributed by atoms with E-state index in [9.17, 15) is 14.4 Å². The van der Waals surface area contributed by atoms with Gasteiger partial charge in [0.15, 0.2) is 10.6 Å². The van der Waals surface area contributed by atoms with E-state index in [0.29, 0.717) is 33.5 Å². The first-order valence-electron chi connectivity index (χ1n) is 10.4. The molecule has 2 heterocycles. The summed E-state index contributed by atoms with van der Waals surface area (Å²) in [5.74, 6) is -0.498. The van der Waals surface area contributed by atoms with Crippen molar-refractivity contribution >= 4 is 35.6 Å². The second-order valence-corrected chi connectivity index (χ2v) is 8.61. The SMILES string of the molecule is Cc1ccc(C)c(N2C(=O)c3ccc(C(=O)NCc4n[nH]c(=S)n4C4CC4)cc3C2=O)c1. The van der Waals surface area contributed by atoms with Crippen LogP contribution in [0.15, 0.2) is 36.4 Å². The standard InChI is InChI=1S/C23H21N5O3S/c1-12-3-4-13(2)18(9-12)28-21(30)16-8-5-14(10-17(16)22(28)31)20(29)24-11-19-25-26-23(32)27(19)15-6-7-15/h3-5,8-10,15H,6-7,11H2,1-2H3,(H,24,29)(H,26,32). The number of imide groups is 1. The summed E-state index contributed by atoms with van der Waals surface area (Å²) in [6.07, 6.45) is 2.10. The van der Waals surface area contributed by atoms with Crippen molar-refractivity contribution in [2.45, 2.75) is 39.3 Å². The lowest BCUT2D eigenvalue weighted by Gasteiger charge is -2.17. The zero-order valence-electron chi connectivity index (χ0n) is 17.6. The van der Waals surface area contributed by atoms with Crippen LogP contribution in [-0.4, -0.2) is 32.5 Å². The van der Waals surface area contributed by atoms with Crippen molar-refractivity contribution in [1.82, 2.24) is 20.1 Å². The van der Waals surface area contributed by atoms with Crippen molar-refractivity contribution in [2.24, 2.45) is 0 Å². The summed E-state index contributed by atoms with van der Waals surface area (Å²) >= 11 is 5.27. The minimum absolute atomic E-state index is 0.209. The first-order chi connectivity index (χ1) is 15.3. The Hall–Kier alpha value is -3.59. The molecule has 9 heteroatoms. The largest absolute Gasteiger partial charge is 0.345 e. The van der Waals surface area contributed by atoms with Crippen LogP contribution in [0.3, 0.4) is 0 Å². The highest BCUT2D eigenvalue weighted by atomic mass is 32.1. The lowest BCUT2D eigenvalue weighted by molar-refractivity contribution is 0.0923. The highest BCUT2D eigenvalue weighted by Crippen LogP contribution is 2.36. The molecule has 1 saturated carbocycles. The van der Waals surface area contributed by atoms with Gasteiger partial charge in [-0.1, -0.05) is 12.1 Å².